The number of dihydropyridines is 1. The third-order valence-corrected chi connectivity index (χ3v) is 5.67. The van der Waals surface area contributed by atoms with Crippen LogP contribution in [0.1, 0.15) is 18.1 Å². The number of ether oxygens (including phenoxy) is 2. The van der Waals surface area contributed by atoms with Crippen molar-refractivity contribution in [2.45, 2.75) is 19.4 Å². The first-order valence-corrected chi connectivity index (χ1v) is 9.42. The molecule has 29 heavy (non-hydrogen) atoms. The van der Waals surface area contributed by atoms with Crippen molar-refractivity contribution in [3.8, 4) is 11.5 Å². The van der Waals surface area contributed by atoms with Crippen LogP contribution in [-0.2, 0) is 11.2 Å². The van der Waals surface area contributed by atoms with Crippen LogP contribution in [0.3, 0.4) is 0 Å². The van der Waals surface area contributed by atoms with Crippen molar-refractivity contribution >= 4 is 29.3 Å². The van der Waals surface area contributed by atoms with E-state index in [2.05, 4.69) is 4.99 Å². The molecule has 0 saturated heterocycles. The summed E-state index contributed by atoms with van der Waals surface area (Å²) in [5.74, 6) is -0.616. The van der Waals surface area contributed by atoms with Gasteiger partial charge in [-0.15, -0.1) is 0 Å². The second kappa shape index (κ2) is 8.25. The highest BCUT2D eigenvalue weighted by molar-refractivity contribution is 6.32. The molecule has 0 fully saturated rings. The van der Waals surface area contributed by atoms with Crippen LogP contribution in [0.25, 0.3) is 5.57 Å². The number of carbonyl (C=O) groups excluding carboxylic acids is 1. The van der Waals surface area contributed by atoms with Crippen molar-refractivity contribution in [1.29, 1.82) is 0 Å². The zero-order valence-corrected chi connectivity index (χ0v) is 17.2. The highest BCUT2D eigenvalue weighted by Gasteiger charge is 2.48. The topological polar surface area (TPSA) is 73.9 Å². The summed E-state index contributed by atoms with van der Waals surface area (Å²) in [4.78, 5) is 17.2. The van der Waals surface area contributed by atoms with Crippen LogP contribution in [0.4, 0.5) is 4.39 Å². The molecule has 2 atom stereocenters. The average molecular weight is 417 g/mol. The lowest BCUT2D eigenvalue weighted by Crippen LogP contribution is -2.48. The van der Waals surface area contributed by atoms with Gasteiger partial charge in [-0.25, -0.2) is 4.39 Å². The highest BCUT2D eigenvalue weighted by Crippen LogP contribution is 2.46. The van der Waals surface area contributed by atoms with Gasteiger partial charge in [0.25, 0.3) is 0 Å². The van der Waals surface area contributed by atoms with Crippen LogP contribution >= 0.6 is 11.6 Å². The van der Waals surface area contributed by atoms with Gasteiger partial charge in [0, 0.05) is 11.8 Å². The van der Waals surface area contributed by atoms with Crippen LogP contribution in [0, 0.1) is 11.2 Å². The lowest BCUT2D eigenvalue weighted by atomic mass is 9.66. The normalized spacial score (nSPS) is 20.9. The molecule has 2 unspecified atom stereocenters. The highest BCUT2D eigenvalue weighted by atomic mass is 35.5. The van der Waals surface area contributed by atoms with Gasteiger partial charge in [-0.2, -0.15) is 0 Å². The fourth-order valence-corrected chi connectivity index (χ4v) is 3.96. The molecule has 5 nitrogen and oxygen atoms in total. The summed E-state index contributed by atoms with van der Waals surface area (Å²) in [5.41, 5.74) is 6.16. The predicted molar refractivity (Wildman–Crippen MR) is 112 cm³/mol. The molecule has 0 spiro atoms. The SMILES string of the molecule is COc1ccc(CC2(C(N)=O)C(c3ccc(Cl)c(OC)c3F)=CC=NC2C)cc1. The number of primary amides is 1. The van der Waals surface area contributed by atoms with Crippen molar-refractivity contribution in [1.82, 2.24) is 0 Å². The van der Waals surface area contributed by atoms with Crippen LogP contribution in [0.5, 0.6) is 11.5 Å². The number of benzene rings is 2. The van der Waals surface area contributed by atoms with Gasteiger partial charge in [0.05, 0.1) is 25.3 Å². The summed E-state index contributed by atoms with van der Waals surface area (Å²) >= 11 is 6.05. The molecule has 0 aliphatic carbocycles. The molecular weight excluding hydrogens is 395 g/mol. The van der Waals surface area contributed by atoms with E-state index in [4.69, 9.17) is 26.8 Å². The Morgan fingerprint density at radius 2 is 1.90 bits per heavy atom. The van der Waals surface area contributed by atoms with E-state index >= 15 is 4.39 Å². The second-order valence-electron chi connectivity index (χ2n) is 6.86. The fourth-order valence-electron chi connectivity index (χ4n) is 3.74. The zero-order chi connectivity index (χ0) is 21.2. The Bertz CT molecular complexity index is 988. The van der Waals surface area contributed by atoms with Gasteiger partial charge in [0.1, 0.15) is 11.2 Å². The molecule has 2 aromatic rings. The fraction of sp³-hybridized carbons (Fsp3) is 0.273. The number of rotatable bonds is 6. The summed E-state index contributed by atoms with van der Waals surface area (Å²) in [6.45, 7) is 1.79. The Morgan fingerprint density at radius 3 is 2.48 bits per heavy atom. The van der Waals surface area contributed by atoms with Gasteiger partial charge in [0.2, 0.25) is 5.91 Å². The summed E-state index contributed by atoms with van der Waals surface area (Å²) in [5, 5.41) is 0.145. The molecule has 0 radical (unpaired) electrons. The number of nitrogens with two attached hydrogens (primary N) is 1. The Balaban J connectivity index is 2.16. The van der Waals surface area contributed by atoms with E-state index < -0.39 is 23.2 Å². The standard InChI is InChI=1S/C22H22ClFN2O3/c1-13-22(21(25)27,12-14-4-6-15(28-2)7-5-14)17(10-11-26-13)16-8-9-18(23)20(29-3)19(16)24/h4-11,13H,12H2,1-3H3,(H2,25,27). The molecule has 7 heteroatoms. The minimum Gasteiger partial charge on any atom is -0.497 e. The second-order valence-corrected chi connectivity index (χ2v) is 7.26. The number of amides is 1. The van der Waals surface area contributed by atoms with E-state index in [1.807, 2.05) is 12.1 Å². The van der Waals surface area contributed by atoms with Crippen LogP contribution in [0.2, 0.25) is 5.02 Å². The van der Waals surface area contributed by atoms with Gasteiger partial charge in [0.15, 0.2) is 11.6 Å². The number of allylic oxidation sites excluding steroid dienone is 1. The number of aliphatic imine (C=N–C) groups is 1. The molecule has 3 rings (SSSR count). The minimum absolute atomic E-state index is 0.0805. The number of hydrogen-bond donors (Lipinski definition) is 1. The molecule has 1 amide bonds. The summed E-state index contributed by atoms with van der Waals surface area (Å²) < 4.78 is 25.5. The van der Waals surface area contributed by atoms with Gasteiger partial charge in [-0.3, -0.25) is 9.79 Å². The van der Waals surface area contributed by atoms with E-state index in [1.54, 1.807) is 38.5 Å². The maximum absolute atomic E-state index is 15.2. The Kier molecular flexibility index (Phi) is 5.94. The maximum atomic E-state index is 15.2. The van der Waals surface area contributed by atoms with Crippen molar-refractivity contribution in [3.05, 3.63) is 64.4 Å². The largest absolute Gasteiger partial charge is 0.497 e. The first-order valence-electron chi connectivity index (χ1n) is 9.04. The molecule has 0 aromatic heterocycles. The molecule has 152 valence electrons. The summed E-state index contributed by atoms with van der Waals surface area (Å²) in [7, 11) is 2.92. The third kappa shape index (κ3) is 3.60. The zero-order valence-electron chi connectivity index (χ0n) is 16.4. The molecule has 1 aliphatic rings. The number of methoxy groups -OCH3 is 2. The molecule has 1 heterocycles. The number of hydrogen-bond acceptors (Lipinski definition) is 4. The van der Waals surface area contributed by atoms with Crippen molar-refractivity contribution in [2.75, 3.05) is 14.2 Å². The van der Waals surface area contributed by atoms with Gasteiger partial charge in [-0.1, -0.05) is 23.7 Å². The van der Waals surface area contributed by atoms with Gasteiger partial charge >= 0.3 is 0 Å². The van der Waals surface area contributed by atoms with Crippen molar-refractivity contribution in [2.24, 2.45) is 16.1 Å². The van der Waals surface area contributed by atoms with E-state index in [-0.39, 0.29) is 22.8 Å². The lowest BCUT2D eigenvalue weighted by molar-refractivity contribution is -0.125. The molecule has 1 aliphatic heterocycles. The van der Waals surface area contributed by atoms with Crippen molar-refractivity contribution < 1.29 is 18.7 Å². The monoisotopic (exact) mass is 416 g/mol. The molecule has 2 aromatic carbocycles. The number of nitrogens with zero attached hydrogens (tertiary/aromatic N) is 1. The van der Waals surface area contributed by atoms with Crippen LogP contribution in [0.15, 0.2) is 47.5 Å². The number of carbonyl (C=O) groups is 1. The van der Waals surface area contributed by atoms with E-state index in [1.165, 1.54) is 19.2 Å². The van der Waals surface area contributed by atoms with E-state index in [0.29, 0.717) is 11.3 Å². The molecule has 0 bridgehead atoms. The minimum atomic E-state index is -1.25. The van der Waals surface area contributed by atoms with Crippen molar-refractivity contribution in [3.63, 3.8) is 0 Å². The maximum Gasteiger partial charge on any atom is 0.230 e. The van der Waals surface area contributed by atoms with Crippen LogP contribution in [-0.4, -0.2) is 32.4 Å². The Morgan fingerprint density at radius 1 is 1.21 bits per heavy atom. The quantitative estimate of drug-likeness (QED) is 0.771. The molecule has 2 N–H and O–H groups in total. The molecule has 0 saturated carbocycles. The smallest absolute Gasteiger partial charge is 0.230 e. The van der Waals surface area contributed by atoms with Crippen LogP contribution < -0.4 is 15.2 Å². The summed E-state index contributed by atoms with van der Waals surface area (Å²) in [6, 6.07) is 9.88. The van der Waals surface area contributed by atoms with E-state index in [9.17, 15) is 4.79 Å². The first-order chi connectivity index (χ1) is 13.8. The Labute approximate surface area is 174 Å². The predicted octanol–water partition coefficient (Wildman–Crippen LogP) is 4.07. The first kappa shape index (κ1) is 20.9. The van der Waals surface area contributed by atoms with Gasteiger partial charge < -0.3 is 15.2 Å². The third-order valence-electron chi connectivity index (χ3n) is 5.37. The Hall–Kier alpha value is -2.86. The van der Waals surface area contributed by atoms with Gasteiger partial charge in [-0.05, 0) is 54.8 Å². The van der Waals surface area contributed by atoms with E-state index in [0.717, 1.165) is 5.56 Å². The lowest BCUT2D eigenvalue weighted by Gasteiger charge is -2.39. The number of halogens is 2. The average Bonchev–Trinajstić information content (AvgIpc) is 2.70. The summed E-state index contributed by atoms with van der Waals surface area (Å²) in [6.07, 6.45) is 3.44. The molecular formula is C22H22ClFN2O3.